The summed E-state index contributed by atoms with van der Waals surface area (Å²) < 4.78 is 11.5. The quantitative estimate of drug-likeness (QED) is 0.554. The molecule has 0 fully saturated rings. The van der Waals surface area contributed by atoms with Gasteiger partial charge in [0.2, 0.25) is 0 Å². The van der Waals surface area contributed by atoms with Crippen molar-refractivity contribution >= 4 is 17.4 Å². The Morgan fingerprint density at radius 1 is 1.21 bits per heavy atom. The summed E-state index contributed by atoms with van der Waals surface area (Å²) in [6.07, 6.45) is 1.82. The van der Waals surface area contributed by atoms with Gasteiger partial charge >= 0.3 is 5.69 Å². The third-order valence-electron chi connectivity index (χ3n) is 4.37. The van der Waals surface area contributed by atoms with Gasteiger partial charge in [-0.25, -0.2) is 4.79 Å². The van der Waals surface area contributed by atoms with Crippen molar-refractivity contribution in [1.82, 2.24) is 9.55 Å². The predicted octanol–water partition coefficient (Wildman–Crippen LogP) is 1.44. The highest BCUT2D eigenvalue weighted by molar-refractivity contribution is 6.05. The smallest absolute Gasteiger partial charge is 0.330 e. The van der Waals surface area contributed by atoms with E-state index < -0.39 is 17.2 Å². The number of amides is 1. The molecule has 0 atom stereocenters. The molecule has 2 heterocycles. The molecule has 0 bridgehead atoms. The van der Waals surface area contributed by atoms with Gasteiger partial charge in [0.25, 0.3) is 11.5 Å². The molecule has 29 heavy (non-hydrogen) atoms. The van der Waals surface area contributed by atoms with E-state index in [0.717, 1.165) is 5.56 Å². The molecule has 0 radical (unpaired) electrons. The normalized spacial score (nSPS) is 10.8. The van der Waals surface area contributed by atoms with E-state index in [2.05, 4.69) is 4.98 Å². The minimum Gasteiger partial charge on any atom is -0.459 e. The minimum absolute atomic E-state index is 0.0574. The van der Waals surface area contributed by atoms with E-state index >= 15 is 0 Å². The lowest BCUT2D eigenvalue weighted by molar-refractivity contribution is 0.0956. The van der Waals surface area contributed by atoms with Crippen LogP contribution in [0, 0.1) is 0 Å². The van der Waals surface area contributed by atoms with Gasteiger partial charge in [0.05, 0.1) is 12.8 Å². The largest absolute Gasteiger partial charge is 0.459 e. The SMILES string of the molecule is COCCCN(C(=O)c1ccco1)c1c(N)n(Cc2ccccc2)c(=O)[nH]c1=O. The fraction of sp³-hybridized carbons (Fsp3) is 0.250. The van der Waals surface area contributed by atoms with Crippen molar-refractivity contribution < 1.29 is 13.9 Å². The van der Waals surface area contributed by atoms with Crippen LogP contribution in [0.4, 0.5) is 11.5 Å². The zero-order valence-electron chi connectivity index (χ0n) is 16.0. The number of anilines is 2. The molecule has 3 aromatic rings. The number of aromatic nitrogens is 2. The second kappa shape index (κ2) is 9.07. The van der Waals surface area contributed by atoms with Crippen LogP contribution >= 0.6 is 0 Å². The van der Waals surface area contributed by atoms with Gasteiger partial charge in [0.15, 0.2) is 11.4 Å². The van der Waals surface area contributed by atoms with Crippen molar-refractivity contribution in [3.63, 3.8) is 0 Å². The first-order valence-electron chi connectivity index (χ1n) is 9.03. The summed E-state index contributed by atoms with van der Waals surface area (Å²) >= 11 is 0. The number of nitrogens with two attached hydrogens (primary N) is 1. The highest BCUT2D eigenvalue weighted by Gasteiger charge is 2.26. The Morgan fingerprint density at radius 3 is 2.62 bits per heavy atom. The van der Waals surface area contributed by atoms with E-state index in [0.29, 0.717) is 13.0 Å². The maximum Gasteiger partial charge on any atom is 0.330 e. The Kier molecular flexibility index (Phi) is 6.30. The van der Waals surface area contributed by atoms with E-state index in [1.54, 1.807) is 13.2 Å². The maximum atomic E-state index is 13.0. The van der Waals surface area contributed by atoms with E-state index in [1.165, 1.54) is 21.8 Å². The van der Waals surface area contributed by atoms with Gasteiger partial charge < -0.3 is 14.9 Å². The third-order valence-corrected chi connectivity index (χ3v) is 4.37. The summed E-state index contributed by atoms with van der Waals surface area (Å²) in [6.45, 7) is 0.684. The van der Waals surface area contributed by atoms with Crippen LogP contribution in [0.2, 0.25) is 0 Å². The lowest BCUT2D eigenvalue weighted by Crippen LogP contribution is -2.42. The summed E-state index contributed by atoms with van der Waals surface area (Å²) in [5, 5.41) is 0. The zero-order valence-corrected chi connectivity index (χ0v) is 16.0. The number of hydrogen-bond donors (Lipinski definition) is 2. The topological polar surface area (TPSA) is 124 Å². The molecule has 3 N–H and O–H groups in total. The van der Waals surface area contributed by atoms with Crippen LogP contribution in [0.1, 0.15) is 22.5 Å². The number of rotatable bonds is 8. The molecule has 0 unspecified atom stereocenters. The average Bonchev–Trinajstić information content (AvgIpc) is 3.25. The molecule has 0 saturated carbocycles. The lowest BCUT2D eigenvalue weighted by Gasteiger charge is -2.23. The molecule has 0 saturated heterocycles. The van der Waals surface area contributed by atoms with Gasteiger partial charge in [-0.05, 0) is 24.1 Å². The first kappa shape index (κ1) is 20.2. The molecule has 1 aromatic carbocycles. The molecule has 9 heteroatoms. The molecular weight excluding hydrogens is 376 g/mol. The van der Waals surface area contributed by atoms with Crippen molar-refractivity contribution in [3.8, 4) is 0 Å². The lowest BCUT2D eigenvalue weighted by atomic mass is 10.2. The first-order chi connectivity index (χ1) is 14.0. The summed E-state index contributed by atoms with van der Waals surface area (Å²) in [5.74, 6) is -0.574. The van der Waals surface area contributed by atoms with Crippen LogP contribution in [0.25, 0.3) is 0 Å². The standard InChI is InChI=1S/C20H22N4O5/c1-28-11-6-10-23(19(26)15-9-5-12-29-15)16-17(21)24(20(27)22-18(16)25)13-14-7-3-2-4-8-14/h2-5,7-9,12H,6,10-11,13,21H2,1H3,(H,22,25,27). The van der Waals surface area contributed by atoms with E-state index in [-0.39, 0.29) is 30.4 Å². The van der Waals surface area contributed by atoms with Crippen LogP contribution < -0.4 is 21.9 Å². The summed E-state index contributed by atoms with van der Waals surface area (Å²) in [7, 11) is 1.54. The number of carbonyl (C=O) groups is 1. The number of H-pyrrole nitrogens is 1. The number of furan rings is 1. The molecule has 1 amide bonds. The number of nitrogens with zero attached hydrogens (tertiary/aromatic N) is 2. The summed E-state index contributed by atoms with van der Waals surface area (Å²) in [4.78, 5) is 41.4. The van der Waals surface area contributed by atoms with E-state index in [1.807, 2.05) is 30.3 Å². The van der Waals surface area contributed by atoms with E-state index in [9.17, 15) is 14.4 Å². The van der Waals surface area contributed by atoms with Crippen molar-refractivity contribution in [3.05, 3.63) is 80.9 Å². The molecule has 0 spiro atoms. The highest BCUT2D eigenvalue weighted by Crippen LogP contribution is 2.21. The Balaban J connectivity index is 2.06. The van der Waals surface area contributed by atoms with Crippen molar-refractivity contribution in [2.75, 3.05) is 30.9 Å². The molecule has 0 aliphatic carbocycles. The Bertz CT molecular complexity index is 1070. The number of nitrogen functional groups attached to an aromatic ring is 1. The zero-order chi connectivity index (χ0) is 20.8. The van der Waals surface area contributed by atoms with Crippen LogP contribution in [0.5, 0.6) is 0 Å². The van der Waals surface area contributed by atoms with Gasteiger partial charge in [-0.2, -0.15) is 0 Å². The summed E-state index contributed by atoms with van der Waals surface area (Å²) in [5.41, 5.74) is 5.55. The number of nitrogens with one attached hydrogen (secondary N) is 1. The Labute approximate surface area is 166 Å². The molecule has 2 aromatic heterocycles. The highest BCUT2D eigenvalue weighted by atomic mass is 16.5. The average molecular weight is 398 g/mol. The van der Waals surface area contributed by atoms with E-state index in [4.69, 9.17) is 14.9 Å². The molecule has 0 aliphatic heterocycles. The monoisotopic (exact) mass is 398 g/mol. The second-order valence-electron chi connectivity index (χ2n) is 6.35. The Morgan fingerprint density at radius 2 is 1.97 bits per heavy atom. The van der Waals surface area contributed by atoms with Crippen LogP contribution in [0.3, 0.4) is 0 Å². The van der Waals surface area contributed by atoms with Crippen molar-refractivity contribution in [1.29, 1.82) is 0 Å². The molecule has 3 rings (SSSR count). The van der Waals surface area contributed by atoms with Crippen LogP contribution in [-0.4, -0.2) is 35.7 Å². The fourth-order valence-electron chi connectivity index (χ4n) is 2.98. The molecule has 0 aliphatic rings. The second-order valence-corrected chi connectivity index (χ2v) is 6.35. The molecule has 9 nitrogen and oxygen atoms in total. The van der Waals surface area contributed by atoms with Gasteiger partial charge in [-0.15, -0.1) is 0 Å². The van der Waals surface area contributed by atoms with Gasteiger partial charge in [0, 0.05) is 20.3 Å². The Hall–Kier alpha value is -3.59. The van der Waals surface area contributed by atoms with Crippen molar-refractivity contribution in [2.45, 2.75) is 13.0 Å². The fourth-order valence-corrected chi connectivity index (χ4v) is 2.98. The van der Waals surface area contributed by atoms with Crippen LogP contribution in [0.15, 0.2) is 62.7 Å². The summed E-state index contributed by atoms with van der Waals surface area (Å²) in [6, 6.07) is 12.3. The maximum absolute atomic E-state index is 13.0. The number of carbonyl (C=O) groups excluding carboxylic acids is 1. The number of benzene rings is 1. The third kappa shape index (κ3) is 4.46. The van der Waals surface area contributed by atoms with Gasteiger partial charge in [-0.3, -0.25) is 24.0 Å². The van der Waals surface area contributed by atoms with Gasteiger partial charge in [0.1, 0.15) is 5.82 Å². The first-order valence-corrected chi connectivity index (χ1v) is 9.03. The number of methoxy groups -OCH3 is 1. The number of hydrogen-bond acceptors (Lipinski definition) is 6. The molecular formula is C20H22N4O5. The minimum atomic E-state index is -0.742. The van der Waals surface area contributed by atoms with Crippen LogP contribution in [-0.2, 0) is 11.3 Å². The molecule has 152 valence electrons. The van der Waals surface area contributed by atoms with Crippen molar-refractivity contribution in [2.24, 2.45) is 0 Å². The number of aromatic amines is 1. The predicted molar refractivity (Wildman–Crippen MR) is 108 cm³/mol. The number of ether oxygens (including phenoxy) is 1. The van der Waals surface area contributed by atoms with Gasteiger partial charge in [-0.1, -0.05) is 30.3 Å².